The fourth-order valence-electron chi connectivity index (χ4n) is 3.92. The Morgan fingerprint density at radius 2 is 2.17 bits per heavy atom. The number of rotatable bonds is 7. The molecule has 3 nitrogen and oxygen atoms in total. The van der Waals surface area contributed by atoms with Gasteiger partial charge < -0.3 is 9.64 Å². The first kappa shape index (κ1) is 16.4. The molecule has 0 spiro atoms. The van der Waals surface area contributed by atoms with E-state index >= 15 is 0 Å². The van der Waals surface area contributed by atoms with Crippen molar-refractivity contribution in [3.05, 3.63) is 29.3 Å². The van der Waals surface area contributed by atoms with Crippen molar-refractivity contribution in [3.8, 4) is 5.75 Å². The summed E-state index contributed by atoms with van der Waals surface area (Å²) in [5, 5.41) is 0. The van der Waals surface area contributed by atoms with Crippen LogP contribution in [0.25, 0.3) is 0 Å². The zero-order valence-electron chi connectivity index (χ0n) is 14.5. The van der Waals surface area contributed by atoms with Crippen LogP contribution in [0.1, 0.15) is 63.0 Å². The Hall–Kier alpha value is -1.51. The molecule has 23 heavy (non-hydrogen) atoms. The highest BCUT2D eigenvalue weighted by Crippen LogP contribution is 2.33. The molecule has 0 aliphatic carbocycles. The van der Waals surface area contributed by atoms with Crippen molar-refractivity contribution in [2.45, 2.75) is 58.3 Å². The third kappa shape index (κ3) is 3.88. The van der Waals surface area contributed by atoms with E-state index in [2.05, 4.69) is 32.0 Å². The Bertz CT molecular complexity index is 555. The van der Waals surface area contributed by atoms with E-state index in [4.69, 9.17) is 4.74 Å². The first-order valence-corrected chi connectivity index (χ1v) is 9.20. The summed E-state index contributed by atoms with van der Waals surface area (Å²) in [7, 11) is 0. The van der Waals surface area contributed by atoms with Crippen LogP contribution in [0.4, 0.5) is 0 Å². The maximum atomic E-state index is 11.7. The van der Waals surface area contributed by atoms with Gasteiger partial charge in [0.05, 0.1) is 6.61 Å². The van der Waals surface area contributed by atoms with E-state index < -0.39 is 0 Å². The zero-order chi connectivity index (χ0) is 16.2. The smallest absolute Gasteiger partial charge is 0.222 e. The highest BCUT2D eigenvalue weighted by atomic mass is 16.5. The van der Waals surface area contributed by atoms with Gasteiger partial charge in [0.1, 0.15) is 5.75 Å². The summed E-state index contributed by atoms with van der Waals surface area (Å²) in [4.78, 5) is 13.8. The minimum absolute atomic E-state index is 0.350. The molecule has 1 aromatic carbocycles. The van der Waals surface area contributed by atoms with Crippen LogP contribution in [0.15, 0.2) is 18.2 Å². The second-order valence-electron chi connectivity index (χ2n) is 7.18. The van der Waals surface area contributed by atoms with Crippen molar-refractivity contribution < 1.29 is 9.53 Å². The molecule has 1 fully saturated rings. The van der Waals surface area contributed by atoms with E-state index in [1.165, 1.54) is 24.0 Å². The third-order valence-electron chi connectivity index (χ3n) is 5.43. The van der Waals surface area contributed by atoms with Gasteiger partial charge in [-0.25, -0.2) is 0 Å². The zero-order valence-corrected chi connectivity index (χ0v) is 14.5. The summed E-state index contributed by atoms with van der Waals surface area (Å²) in [6.07, 6.45) is 6.35. The molecule has 1 aromatic rings. The largest absolute Gasteiger partial charge is 0.493 e. The van der Waals surface area contributed by atoms with Crippen LogP contribution in [-0.2, 0) is 11.2 Å². The topological polar surface area (TPSA) is 29.5 Å². The van der Waals surface area contributed by atoms with E-state index in [9.17, 15) is 4.79 Å². The first-order chi connectivity index (χ1) is 11.2. The lowest BCUT2D eigenvalue weighted by Crippen LogP contribution is -2.27. The Labute approximate surface area is 140 Å². The summed E-state index contributed by atoms with van der Waals surface area (Å²) in [6, 6.07) is 6.75. The van der Waals surface area contributed by atoms with Crippen LogP contribution in [-0.4, -0.2) is 30.5 Å². The molecule has 126 valence electrons. The summed E-state index contributed by atoms with van der Waals surface area (Å²) in [5.41, 5.74) is 2.83. The van der Waals surface area contributed by atoms with Crippen LogP contribution < -0.4 is 4.74 Å². The van der Waals surface area contributed by atoms with E-state index in [1.807, 2.05) is 4.90 Å². The lowest BCUT2D eigenvalue weighted by Gasteiger charge is -2.23. The molecule has 2 aliphatic heterocycles. The van der Waals surface area contributed by atoms with Crippen molar-refractivity contribution in [1.29, 1.82) is 0 Å². The van der Waals surface area contributed by atoms with Crippen molar-refractivity contribution >= 4 is 5.91 Å². The molecule has 2 heterocycles. The van der Waals surface area contributed by atoms with Gasteiger partial charge in [-0.3, -0.25) is 4.79 Å². The van der Waals surface area contributed by atoms with E-state index in [1.54, 1.807) is 0 Å². The van der Waals surface area contributed by atoms with E-state index in [-0.39, 0.29) is 0 Å². The van der Waals surface area contributed by atoms with Crippen LogP contribution in [0.3, 0.4) is 0 Å². The molecule has 1 saturated heterocycles. The van der Waals surface area contributed by atoms with Gasteiger partial charge in [0, 0.05) is 25.9 Å². The molecule has 1 amide bonds. The molecule has 3 rings (SSSR count). The fraction of sp³-hybridized carbons (Fsp3) is 0.650. The molecule has 0 radical (unpaired) electrons. The number of ether oxygens (including phenoxy) is 1. The lowest BCUT2D eigenvalue weighted by molar-refractivity contribution is -0.127. The van der Waals surface area contributed by atoms with Crippen LogP contribution in [0, 0.1) is 5.92 Å². The number of hydrogen-bond acceptors (Lipinski definition) is 2. The maximum Gasteiger partial charge on any atom is 0.222 e. The Kier molecular flexibility index (Phi) is 5.24. The fourth-order valence-corrected chi connectivity index (χ4v) is 3.92. The predicted octanol–water partition coefficient (Wildman–Crippen LogP) is 4.15. The predicted molar refractivity (Wildman–Crippen MR) is 92.9 cm³/mol. The SMILES string of the molecule is CCC(CC(C)CCN1CCCC1=O)c1ccc2c(c1)CCO2. The number of benzene rings is 1. The highest BCUT2D eigenvalue weighted by Gasteiger charge is 2.22. The minimum atomic E-state index is 0.350. The number of carbonyl (C=O) groups excluding carboxylic acids is 1. The number of hydrogen-bond donors (Lipinski definition) is 0. The molecule has 2 aliphatic rings. The standard InChI is InChI=1S/C20H29NO2/c1-3-16(17-6-7-19-18(14-17)9-12-23-19)13-15(2)8-11-21-10-4-5-20(21)22/h6-7,14-16H,3-5,8-13H2,1-2H3. The van der Waals surface area contributed by atoms with Gasteiger partial charge in [-0.2, -0.15) is 0 Å². The molecule has 0 saturated carbocycles. The lowest BCUT2D eigenvalue weighted by atomic mass is 9.85. The van der Waals surface area contributed by atoms with Crippen LogP contribution in [0.5, 0.6) is 5.75 Å². The van der Waals surface area contributed by atoms with Gasteiger partial charge in [-0.15, -0.1) is 0 Å². The molecule has 2 atom stereocenters. The third-order valence-corrected chi connectivity index (χ3v) is 5.43. The van der Waals surface area contributed by atoms with Crippen molar-refractivity contribution in [2.75, 3.05) is 19.7 Å². The Morgan fingerprint density at radius 1 is 1.30 bits per heavy atom. The van der Waals surface area contributed by atoms with E-state index in [0.29, 0.717) is 17.7 Å². The van der Waals surface area contributed by atoms with Gasteiger partial charge in [0.25, 0.3) is 0 Å². The summed E-state index contributed by atoms with van der Waals surface area (Å²) in [5.74, 6) is 2.69. The molecule has 2 unspecified atom stereocenters. The van der Waals surface area contributed by atoms with Crippen LogP contribution in [0.2, 0.25) is 0 Å². The average Bonchev–Trinajstić information content (AvgIpc) is 3.18. The number of fused-ring (bicyclic) bond motifs is 1. The maximum absolute atomic E-state index is 11.7. The molecular formula is C20H29NO2. The minimum Gasteiger partial charge on any atom is -0.493 e. The van der Waals surface area contributed by atoms with Gasteiger partial charge in [-0.1, -0.05) is 26.0 Å². The molecular weight excluding hydrogens is 286 g/mol. The Morgan fingerprint density at radius 3 is 2.91 bits per heavy atom. The second-order valence-corrected chi connectivity index (χ2v) is 7.18. The molecule has 0 N–H and O–H groups in total. The van der Waals surface area contributed by atoms with Crippen molar-refractivity contribution in [3.63, 3.8) is 0 Å². The number of likely N-dealkylation sites (tertiary alicyclic amines) is 1. The van der Waals surface area contributed by atoms with Crippen molar-refractivity contribution in [1.82, 2.24) is 4.90 Å². The van der Waals surface area contributed by atoms with Gasteiger partial charge in [0.2, 0.25) is 5.91 Å². The average molecular weight is 315 g/mol. The quantitative estimate of drug-likeness (QED) is 0.756. The second kappa shape index (κ2) is 7.37. The summed E-state index contributed by atoms with van der Waals surface area (Å²) < 4.78 is 5.62. The van der Waals surface area contributed by atoms with E-state index in [0.717, 1.165) is 51.1 Å². The van der Waals surface area contributed by atoms with Crippen LogP contribution >= 0.6 is 0 Å². The summed E-state index contributed by atoms with van der Waals surface area (Å²) in [6.45, 7) is 7.35. The molecule has 0 aromatic heterocycles. The van der Waals surface area contributed by atoms with Crippen molar-refractivity contribution in [2.24, 2.45) is 5.92 Å². The number of nitrogens with zero attached hydrogens (tertiary/aromatic N) is 1. The van der Waals surface area contributed by atoms with Gasteiger partial charge in [-0.05, 0) is 54.7 Å². The molecule has 3 heteroatoms. The van der Waals surface area contributed by atoms with Gasteiger partial charge in [0.15, 0.2) is 0 Å². The van der Waals surface area contributed by atoms with Gasteiger partial charge >= 0.3 is 0 Å². The monoisotopic (exact) mass is 315 g/mol. The summed E-state index contributed by atoms with van der Waals surface area (Å²) >= 11 is 0. The molecule has 0 bridgehead atoms. The highest BCUT2D eigenvalue weighted by molar-refractivity contribution is 5.77. The Balaban J connectivity index is 1.55. The number of carbonyl (C=O) groups is 1. The first-order valence-electron chi connectivity index (χ1n) is 9.20. The number of amides is 1. The normalized spacial score (nSPS) is 19.6.